The number of thiazole rings is 1. The molecule has 0 atom stereocenters. The molecule has 6 nitrogen and oxygen atoms in total. The summed E-state index contributed by atoms with van der Waals surface area (Å²) in [5.41, 5.74) is -0.468. The van der Waals surface area contributed by atoms with E-state index in [0.717, 1.165) is 18.0 Å². The van der Waals surface area contributed by atoms with Crippen LogP contribution in [0, 0.1) is 10.9 Å². The number of anilines is 2. The molecule has 0 aliphatic rings. The maximum Gasteiger partial charge on any atom is 0.419 e. The van der Waals surface area contributed by atoms with Gasteiger partial charge in [-0.3, -0.25) is 0 Å². The zero-order valence-corrected chi connectivity index (χ0v) is 20.0. The Morgan fingerprint density at radius 2 is 1.92 bits per heavy atom. The highest BCUT2D eigenvalue weighted by Crippen LogP contribution is 2.36. The van der Waals surface area contributed by atoms with Crippen LogP contribution in [0.4, 0.5) is 32.8 Å². The smallest absolute Gasteiger partial charge is 0.419 e. The number of ether oxygens (including phenoxy) is 1. The molecule has 2 heterocycles. The molecule has 0 saturated carbocycles. The lowest BCUT2D eigenvalue weighted by Gasteiger charge is -2.10. The molecule has 0 unspecified atom stereocenters. The molecule has 0 spiro atoms. The number of benzene rings is 2. The van der Waals surface area contributed by atoms with E-state index in [-0.39, 0.29) is 22.1 Å². The predicted molar refractivity (Wildman–Crippen MR) is 128 cm³/mol. The van der Waals surface area contributed by atoms with E-state index in [9.17, 15) is 27.1 Å². The van der Waals surface area contributed by atoms with E-state index >= 15 is 0 Å². The molecule has 36 heavy (non-hydrogen) atoms. The third-order valence-corrected chi connectivity index (χ3v) is 6.53. The summed E-state index contributed by atoms with van der Waals surface area (Å²) in [7, 11) is 1.47. The molecule has 0 radical (unpaired) electrons. The number of phenols is 1. The summed E-state index contributed by atoms with van der Waals surface area (Å²) in [5.74, 6) is -1.09. The standard InChI is InChI=1S/C23H17F5N4O2S2/c1-34-17-4-2-3-13(20(17)33)10-29-14-6-8-18(30-11-14)36-32-22-31-19(21(25)35-22)12-5-7-15(16(24)9-12)23(26,27)28/h2-9,11,29,33H,10H2,1H3,(H,31,32). The van der Waals surface area contributed by atoms with Crippen molar-refractivity contribution in [2.75, 3.05) is 17.1 Å². The molecule has 0 amide bonds. The fraction of sp³-hybridized carbons (Fsp3) is 0.130. The van der Waals surface area contributed by atoms with E-state index in [2.05, 4.69) is 20.0 Å². The van der Waals surface area contributed by atoms with Gasteiger partial charge in [0, 0.05) is 29.6 Å². The monoisotopic (exact) mass is 540 g/mol. The molecule has 2 aromatic heterocycles. The Bertz CT molecular complexity index is 1360. The van der Waals surface area contributed by atoms with E-state index < -0.39 is 22.7 Å². The van der Waals surface area contributed by atoms with Crippen LogP contribution in [0.1, 0.15) is 11.1 Å². The molecule has 13 heteroatoms. The van der Waals surface area contributed by atoms with Gasteiger partial charge in [0.15, 0.2) is 16.6 Å². The number of nitrogens with zero attached hydrogens (tertiary/aromatic N) is 2. The van der Waals surface area contributed by atoms with Gasteiger partial charge in [-0.2, -0.15) is 17.6 Å². The fourth-order valence-electron chi connectivity index (χ4n) is 3.13. The number of pyridine rings is 1. The van der Waals surface area contributed by atoms with Crippen LogP contribution in [-0.2, 0) is 12.7 Å². The maximum absolute atomic E-state index is 14.4. The average Bonchev–Trinajstić information content (AvgIpc) is 3.22. The summed E-state index contributed by atoms with van der Waals surface area (Å²) >= 11 is 1.67. The molecule has 0 bridgehead atoms. The van der Waals surface area contributed by atoms with Crippen LogP contribution >= 0.6 is 23.3 Å². The highest BCUT2D eigenvalue weighted by atomic mass is 32.2. The highest BCUT2D eigenvalue weighted by molar-refractivity contribution is 8.00. The van der Waals surface area contributed by atoms with E-state index in [1.54, 1.807) is 36.5 Å². The predicted octanol–water partition coefficient (Wildman–Crippen LogP) is 6.95. The Labute approximate surface area is 210 Å². The highest BCUT2D eigenvalue weighted by Gasteiger charge is 2.34. The lowest BCUT2D eigenvalue weighted by molar-refractivity contribution is -0.139. The van der Waals surface area contributed by atoms with Crippen LogP contribution in [-0.4, -0.2) is 22.2 Å². The number of hydrogen-bond acceptors (Lipinski definition) is 8. The average molecular weight is 541 g/mol. The van der Waals surface area contributed by atoms with Crippen LogP contribution in [0.5, 0.6) is 11.5 Å². The lowest BCUT2D eigenvalue weighted by Crippen LogP contribution is -2.07. The van der Waals surface area contributed by atoms with Crippen molar-refractivity contribution < 1.29 is 31.8 Å². The number of aromatic nitrogens is 2. The van der Waals surface area contributed by atoms with Gasteiger partial charge in [0.1, 0.15) is 16.5 Å². The van der Waals surface area contributed by atoms with E-state index in [0.29, 0.717) is 52.0 Å². The Balaban J connectivity index is 1.37. The number of halogens is 5. The first-order chi connectivity index (χ1) is 17.2. The van der Waals surface area contributed by atoms with Crippen LogP contribution in [0.2, 0.25) is 0 Å². The maximum atomic E-state index is 14.4. The number of para-hydroxylation sites is 1. The number of aromatic hydroxyl groups is 1. The number of phenolic OH excluding ortho intramolecular Hbond substituents is 1. The first-order valence-electron chi connectivity index (χ1n) is 10.2. The number of rotatable bonds is 8. The second-order valence-electron chi connectivity index (χ2n) is 7.24. The molecule has 4 aromatic rings. The molecule has 3 N–H and O–H groups in total. The first kappa shape index (κ1) is 25.5. The van der Waals surface area contributed by atoms with Crippen molar-refractivity contribution in [2.24, 2.45) is 0 Å². The Morgan fingerprint density at radius 3 is 2.58 bits per heavy atom. The summed E-state index contributed by atoms with van der Waals surface area (Å²) in [6.45, 7) is 0.334. The molecule has 0 aliphatic carbocycles. The third-order valence-electron chi connectivity index (χ3n) is 4.90. The zero-order chi connectivity index (χ0) is 25.9. The summed E-state index contributed by atoms with van der Waals surface area (Å²) < 4.78 is 74.4. The minimum atomic E-state index is -4.85. The number of nitrogens with one attached hydrogen (secondary N) is 2. The van der Waals surface area contributed by atoms with Gasteiger partial charge in [0.25, 0.3) is 0 Å². The minimum Gasteiger partial charge on any atom is -0.504 e. The molecule has 2 aromatic carbocycles. The summed E-state index contributed by atoms with van der Waals surface area (Å²) in [5, 5.41) is 13.2. The van der Waals surface area contributed by atoms with E-state index in [1.807, 2.05) is 0 Å². The molecular formula is C23H17F5N4O2S2. The zero-order valence-electron chi connectivity index (χ0n) is 18.4. The minimum absolute atomic E-state index is 0.0471. The third kappa shape index (κ3) is 5.79. The molecule has 4 rings (SSSR count). The SMILES string of the molecule is COc1cccc(CNc2ccc(SNc3nc(-c4ccc(C(F)(F)F)c(F)c4)c(F)s3)nc2)c1O. The van der Waals surface area contributed by atoms with Crippen molar-refractivity contribution in [3.8, 4) is 22.8 Å². The quantitative estimate of drug-likeness (QED) is 0.165. The first-order valence-corrected chi connectivity index (χ1v) is 11.8. The Kier molecular flexibility index (Phi) is 7.50. The molecule has 188 valence electrons. The Hall–Kier alpha value is -3.58. The van der Waals surface area contributed by atoms with Crippen molar-refractivity contribution >= 4 is 34.1 Å². The second kappa shape index (κ2) is 10.6. The van der Waals surface area contributed by atoms with Crippen LogP contribution in [0.15, 0.2) is 59.8 Å². The number of methoxy groups -OCH3 is 1. The van der Waals surface area contributed by atoms with Crippen LogP contribution in [0.3, 0.4) is 0 Å². The molecule has 0 aliphatic heterocycles. The molecular weight excluding hydrogens is 523 g/mol. The van der Waals surface area contributed by atoms with Crippen LogP contribution in [0.25, 0.3) is 11.3 Å². The van der Waals surface area contributed by atoms with Crippen molar-refractivity contribution in [3.63, 3.8) is 0 Å². The second-order valence-corrected chi connectivity index (χ2v) is 9.02. The molecule has 0 fully saturated rings. The van der Waals surface area contributed by atoms with Gasteiger partial charge in [0.05, 0.1) is 24.6 Å². The normalized spacial score (nSPS) is 11.4. The number of alkyl halides is 3. The van der Waals surface area contributed by atoms with E-state index in [1.165, 1.54) is 7.11 Å². The molecule has 0 saturated heterocycles. The van der Waals surface area contributed by atoms with Gasteiger partial charge >= 0.3 is 6.18 Å². The lowest BCUT2D eigenvalue weighted by atomic mass is 10.1. The van der Waals surface area contributed by atoms with Gasteiger partial charge in [-0.05, 0) is 30.3 Å². The van der Waals surface area contributed by atoms with Gasteiger partial charge in [-0.1, -0.05) is 29.5 Å². The van der Waals surface area contributed by atoms with Gasteiger partial charge in [0.2, 0.25) is 5.13 Å². The van der Waals surface area contributed by atoms with Crippen molar-refractivity contribution in [2.45, 2.75) is 17.7 Å². The van der Waals surface area contributed by atoms with Crippen molar-refractivity contribution in [3.05, 3.63) is 76.8 Å². The Morgan fingerprint density at radius 1 is 1.11 bits per heavy atom. The number of hydrogen-bond donors (Lipinski definition) is 3. The summed E-state index contributed by atoms with van der Waals surface area (Å²) in [4.78, 5) is 8.29. The van der Waals surface area contributed by atoms with Crippen molar-refractivity contribution in [1.29, 1.82) is 0 Å². The van der Waals surface area contributed by atoms with Crippen LogP contribution < -0.4 is 14.8 Å². The van der Waals surface area contributed by atoms with Gasteiger partial charge in [-0.25, -0.2) is 14.4 Å². The summed E-state index contributed by atoms with van der Waals surface area (Å²) in [6.07, 6.45) is -3.28. The van der Waals surface area contributed by atoms with Gasteiger partial charge in [-0.15, -0.1) is 0 Å². The van der Waals surface area contributed by atoms with Crippen molar-refractivity contribution in [1.82, 2.24) is 9.97 Å². The fourth-order valence-corrected chi connectivity index (χ4v) is 4.47. The largest absolute Gasteiger partial charge is 0.504 e. The summed E-state index contributed by atoms with van der Waals surface area (Å²) in [6, 6.07) is 10.8. The van der Waals surface area contributed by atoms with E-state index in [4.69, 9.17) is 4.74 Å². The topological polar surface area (TPSA) is 79.3 Å². The van der Waals surface area contributed by atoms with Gasteiger partial charge < -0.3 is 19.9 Å².